The summed E-state index contributed by atoms with van der Waals surface area (Å²) in [4.78, 5) is 0.190. The van der Waals surface area contributed by atoms with Gasteiger partial charge in [-0.1, -0.05) is 53.2 Å². The number of nitrogens with zero attached hydrogens (tertiary/aromatic N) is 1. The molecule has 118 valence electrons. The minimum absolute atomic E-state index is 0.190. The van der Waals surface area contributed by atoms with Gasteiger partial charge < -0.3 is 4.52 Å². The van der Waals surface area contributed by atoms with E-state index in [9.17, 15) is 8.42 Å². The van der Waals surface area contributed by atoms with Crippen molar-refractivity contribution in [2.24, 2.45) is 0 Å². The number of nitrogens with one attached hydrogen (secondary N) is 1. The van der Waals surface area contributed by atoms with E-state index in [4.69, 9.17) is 4.52 Å². The molecule has 0 amide bonds. The van der Waals surface area contributed by atoms with Gasteiger partial charge in [0.15, 0.2) is 5.76 Å². The zero-order valence-electron chi connectivity index (χ0n) is 12.8. The number of anilines is 1. The van der Waals surface area contributed by atoms with Crippen LogP contribution in [0.4, 0.5) is 5.69 Å². The first-order chi connectivity index (χ1) is 11.0. The highest BCUT2D eigenvalue weighted by Gasteiger charge is 2.21. The van der Waals surface area contributed by atoms with E-state index in [1.807, 2.05) is 31.2 Å². The molecule has 0 saturated heterocycles. The Hall–Kier alpha value is -2.60. The topological polar surface area (TPSA) is 72.2 Å². The zero-order chi connectivity index (χ0) is 16.4. The molecule has 23 heavy (non-hydrogen) atoms. The molecule has 1 heterocycles. The monoisotopic (exact) mass is 328 g/mol. The maximum absolute atomic E-state index is 12.5. The molecule has 1 aromatic heterocycles. The Labute approximate surface area is 135 Å². The van der Waals surface area contributed by atoms with Crippen molar-refractivity contribution in [3.63, 3.8) is 0 Å². The summed E-state index contributed by atoms with van der Waals surface area (Å²) in [5.74, 6) is 0.405. The second kappa shape index (κ2) is 5.89. The molecule has 0 unspecified atom stereocenters. The summed E-state index contributed by atoms with van der Waals surface area (Å²) in [7, 11) is -3.69. The Kier molecular flexibility index (Phi) is 3.92. The van der Waals surface area contributed by atoms with Gasteiger partial charge in [-0.3, -0.25) is 4.72 Å². The van der Waals surface area contributed by atoms with Crippen LogP contribution in [0.25, 0.3) is 11.3 Å². The summed E-state index contributed by atoms with van der Waals surface area (Å²) in [5, 5.41) is 3.89. The second-order valence-corrected chi connectivity index (χ2v) is 6.94. The molecule has 2 aromatic carbocycles. The van der Waals surface area contributed by atoms with E-state index >= 15 is 0 Å². The number of aromatic nitrogens is 1. The second-order valence-electron chi connectivity index (χ2n) is 5.26. The quantitative estimate of drug-likeness (QED) is 0.791. The molecule has 5 nitrogen and oxygen atoms in total. The lowest BCUT2D eigenvalue weighted by Gasteiger charge is -2.08. The van der Waals surface area contributed by atoms with Crippen LogP contribution in [-0.2, 0) is 10.0 Å². The van der Waals surface area contributed by atoms with Gasteiger partial charge in [0.05, 0.1) is 4.90 Å². The third-order valence-electron chi connectivity index (χ3n) is 3.47. The molecule has 3 rings (SSSR count). The number of aryl methyl sites for hydroxylation is 2. The standard InChI is InChI=1S/C17H16N2O3S/c1-12-8-10-14(11-9-12)17-16(13(2)18-22-17)19-23(20,21)15-6-4-3-5-7-15/h3-11,19H,1-2H3. The Morgan fingerprint density at radius 3 is 2.26 bits per heavy atom. The van der Waals surface area contributed by atoms with Gasteiger partial charge in [-0.25, -0.2) is 8.42 Å². The van der Waals surface area contributed by atoms with Gasteiger partial charge in [0.25, 0.3) is 10.0 Å². The molecule has 0 fully saturated rings. The largest absolute Gasteiger partial charge is 0.354 e. The van der Waals surface area contributed by atoms with Crippen LogP contribution in [-0.4, -0.2) is 13.6 Å². The van der Waals surface area contributed by atoms with E-state index in [1.165, 1.54) is 12.1 Å². The highest BCUT2D eigenvalue weighted by molar-refractivity contribution is 7.92. The van der Waals surface area contributed by atoms with E-state index in [-0.39, 0.29) is 4.90 Å². The molecule has 0 aliphatic carbocycles. The normalized spacial score (nSPS) is 11.4. The molecule has 0 spiro atoms. The van der Waals surface area contributed by atoms with E-state index in [0.717, 1.165) is 11.1 Å². The number of hydrogen-bond acceptors (Lipinski definition) is 4. The third-order valence-corrected chi connectivity index (χ3v) is 4.83. The van der Waals surface area contributed by atoms with Crippen molar-refractivity contribution in [1.82, 2.24) is 5.16 Å². The van der Waals surface area contributed by atoms with Crippen LogP contribution in [0.5, 0.6) is 0 Å². The molecule has 0 aliphatic heterocycles. The fourth-order valence-electron chi connectivity index (χ4n) is 2.18. The molecule has 0 radical (unpaired) electrons. The van der Waals surface area contributed by atoms with Crippen LogP contribution in [0.1, 0.15) is 11.3 Å². The van der Waals surface area contributed by atoms with Gasteiger partial charge in [-0.05, 0) is 26.0 Å². The Bertz CT molecular complexity index is 914. The molecule has 0 saturated carbocycles. The van der Waals surface area contributed by atoms with E-state index in [1.54, 1.807) is 25.1 Å². The first kappa shape index (κ1) is 15.3. The van der Waals surface area contributed by atoms with Crippen LogP contribution in [0.2, 0.25) is 0 Å². The van der Waals surface area contributed by atoms with Gasteiger partial charge in [-0.15, -0.1) is 0 Å². The van der Waals surface area contributed by atoms with Crippen LogP contribution >= 0.6 is 0 Å². The molecular formula is C17H16N2O3S. The van der Waals surface area contributed by atoms with Gasteiger partial charge >= 0.3 is 0 Å². The van der Waals surface area contributed by atoms with Crippen molar-refractivity contribution in [2.45, 2.75) is 18.7 Å². The van der Waals surface area contributed by atoms with Crippen molar-refractivity contribution in [3.05, 3.63) is 65.9 Å². The predicted molar refractivity (Wildman–Crippen MR) is 88.7 cm³/mol. The van der Waals surface area contributed by atoms with Crippen molar-refractivity contribution in [2.75, 3.05) is 4.72 Å². The lowest BCUT2D eigenvalue weighted by Crippen LogP contribution is -2.13. The highest BCUT2D eigenvalue weighted by Crippen LogP contribution is 2.32. The molecule has 3 aromatic rings. The first-order valence-electron chi connectivity index (χ1n) is 7.08. The van der Waals surface area contributed by atoms with Crippen molar-refractivity contribution >= 4 is 15.7 Å². The fraction of sp³-hybridized carbons (Fsp3) is 0.118. The van der Waals surface area contributed by atoms with Crippen molar-refractivity contribution < 1.29 is 12.9 Å². The maximum atomic E-state index is 12.5. The Morgan fingerprint density at radius 2 is 1.61 bits per heavy atom. The fourth-order valence-corrected chi connectivity index (χ4v) is 3.33. The minimum atomic E-state index is -3.69. The summed E-state index contributed by atoms with van der Waals surface area (Å²) in [6.07, 6.45) is 0. The minimum Gasteiger partial charge on any atom is -0.354 e. The van der Waals surface area contributed by atoms with Gasteiger partial charge in [0.2, 0.25) is 0 Å². The highest BCUT2D eigenvalue weighted by atomic mass is 32.2. The number of hydrogen-bond donors (Lipinski definition) is 1. The summed E-state index contributed by atoms with van der Waals surface area (Å²) < 4.78 is 32.9. The summed E-state index contributed by atoms with van der Waals surface area (Å²) in [6, 6.07) is 15.8. The molecule has 0 aliphatic rings. The maximum Gasteiger partial charge on any atom is 0.262 e. The average Bonchev–Trinajstić information content (AvgIpc) is 2.90. The van der Waals surface area contributed by atoms with Crippen LogP contribution in [0.15, 0.2) is 64.0 Å². The Morgan fingerprint density at radius 1 is 0.957 bits per heavy atom. The number of rotatable bonds is 4. The molecule has 1 N–H and O–H groups in total. The predicted octanol–water partition coefficient (Wildman–Crippen LogP) is 3.76. The smallest absolute Gasteiger partial charge is 0.262 e. The number of benzene rings is 2. The Balaban J connectivity index is 2.01. The summed E-state index contributed by atoms with van der Waals surface area (Å²) in [5.41, 5.74) is 2.72. The molecular weight excluding hydrogens is 312 g/mol. The molecule has 0 bridgehead atoms. The van der Waals surface area contributed by atoms with Gasteiger partial charge in [0, 0.05) is 5.56 Å². The van der Waals surface area contributed by atoms with Crippen molar-refractivity contribution in [3.8, 4) is 11.3 Å². The lowest BCUT2D eigenvalue weighted by atomic mass is 10.1. The van der Waals surface area contributed by atoms with Crippen LogP contribution in [0.3, 0.4) is 0 Å². The summed E-state index contributed by atoms with van der Waals surface area (Å²) >= 11 is 0. The third kappa shape index (κ3) is 3.12. The molecule has 0 atom stereocenters. The van der Waals surface area contributed by atoms with E-state index < -0.39 is 10.0 Å². The van der Waals surface area contributed by atoms with Gasteiger partial charge in [0.1, 0.15) is 11.4 Å². The number of sulfonamides is 1. The zero-order valence-corrected chi connectivity index (χ0v) is 13.6. The van der Waals surface area contributed by atoms with Gasteiger partial charge in [-0.2, -0.15) is 0 Å². The summed E-state index contributed by atoms with van der Waals surface area (Å²) in [6.45, 7) is 3.68. The van der Waals surface area contributed by atoms with Crippen LogP contribution in [0, 0.1) is 13.8 Å². The molecule has 6 heteroatoms. The van der Waals surface area contributed by atoms with Crippen molar-refractivity contribution in [1.29, 1.82) is 0 Å². The van der Waals surface area contributed by atoms with Crippen LogP contribution < -0.4 is 4.72 Å². The first-order valence-corrected chi connectivity index (χ1v) is 8.57. The average molecular weight is 328 g/mol. The van der Waals surface area contributed by atoms with E-state index in [2.05, 4.69) is 9.88 Å². The van der Waals surface area contributed by atoms with E-state index in [0.29, 0.717) is 17.1 Å². The lowest BCUT2D eigenvalue weighted by molar-refractivity contribution is 0.427. The SMILES string of the molecule is Cc1ccc(-c2onc(C)c2NS(=O)(=O)c2ccccc2)cc1.